The first-order valence-electron chi connectivity index (χ1n) is 11.8. The highest BCUT2D eigenvalue weighted by molar-refractivity contribution is 5.89. The van der Waals surface area contributed by atoms with E-state index in [1.807, 2.05) is 6.92 Å². The predicted molar refractivity (Wildman–Crippen MR) is 130 cm³/mol. The monoisotopic (exact) mass is 421 g/mol. The number of nitriles is 1. The standard InChI is InChI=1S/C27H39N3O/c1-19(2)24-12-13-26(21(4)16-24)29-22(5)11-14-27(31)30-25(15-20(3)18-28)17-23-9-7-6-8-10-23/h12-13,16,19,23,25H,3,6-11,14-15,17H2,1-2,4-5H3,(H,30,31)/b29-22+. The van der Waals surface area contributed by atoms with Crippen LogP contribution in [0.4, 0.5) is 5.69 Å². The molecule has 0 bridgehead atoms. The van der Waals surface area contributed by atoms with Crippen LogP contribution >= 0.6 is 0 Å². The number of hydrogen-bond acceptors (Lipinski definition) is 3. The van der Waals surface area contributed by atoms with Gasteiger partial charge in [0.2, 0.25) is 5.91 Å². The third-order valence-corrected chi connectivity index (χ3v) is 6.27. The number of aliphatic imine (C=N–C) groups is 1. The maximum atomic E-state index is 12.6. The number of carbonyl (C=O) groups is 1. The minimum Gasteiger partial charge on any atom is -0.353 e. The lowest BCUT2D eigenvalue weighted by Gasteiger charge is -2.27. The molecule has 0 spiro atoms. The molecule has 0 saturated heterocycles. The molecule has 1 amide bonds. The summed E-state index contributed by atoms with van der Waals surface area (Å²) in [7, 11) is 0. The van der Waals surface area contributed by atoms with Gasteiger partial charge in [-0.05, 0) is 55.7 Å². The van der Waals surface area contributed by atoms with Gasteiger partial charge in [0.15, 0.2) is 0 Å². The molecule has 1 unspecified atom stereocenters. The third-order valence-electron chi connectivity index (χ3n) is 6.27. The molecule has 168 valence electrons. The summed E-state index contributed by atoms with van der Waals surface area (Å²) in [5.74, 6) is 1.18. The Hall–Kier alpha value is -2.41. The quantitative estimate of drug-likeness (QED) is 0.329. The summed E-state index contributed by atoms with van der Waals surface area (Å²) in [6.45, 7) is 12.3. The van der Waals surface area contributed by atoms with E-state index in [-0.39, 0.29) is 11.9 Å². The number of amides is 1. The molecule has 0 radical (unpaired) electrons. The van der Waals surface area contributed by atoms with Crippen molar-refractivity contribution in [2.24, 2.45) is 10.9 Å². The van der Waals surface area contributed by atoms with Crippen molar-refractivity contribution in [3.05, 3.63) is 41.5 Å². The maximum Gasteiger partial charge on any atom is 0.220 e. The van der Waals surface area contributed by atoms with E-state index in [9.17, 15) is 4.79 Å². The van der Waals surface area contributed by atoms with Crippen LogP contribution in [0.5, 0.6) is 0 Å². The van der Waals surface area contributed by atoms with E-state index in [1.54, 1.807) is 0 Å². The Balaban J connectivity index is 1.91. The predicted octanol–water partition coefficient (Wildman–Crippen LogP) is 6.92. The molecule has 2 rings (SSSR count). The van der Waals surface area contributed by atoms with Crippen LogP contribution in [0.15, 0.2) is 35.3 Å². The second-order valence-corrected chi connectivity index (χ2v) is 9.47. The second-order valence-electron chi connectivity index (χ2n) is 9.47. The van der Waals surface area contributed by atoms with Crippen molar-refractivity contribution in [1.82, 2.24) is 5.32 Å². The fourth-order valence-electron chi connectivity index (χ4n) is 4.38. The molecule has 1 aliphatic carbocycles. The zero-order valence-electron chi connectivity index (χ0n) is 19.8. The second kappa shape index (κ2) is 12.4. The molecular weight excluding hydrogens is 382 g/mol. The van der Waals surface area contributed by atoms with Crippen molar-refractivity contribution in [3.8, 4) is 6.07 Å². The van der Waals surface area contributed by atoms with Crippen LogP contribution in [0.3, 0.4) is 0 Å². The minimum atomic E-state index is 0.00539. The van der Waals surface area contributed by atoms with Crippen LogP contribution in [-0.2, 0) is 4.79 Å². The van der Waals surface area contributed by atoms with Crippen molar-refractivity contribution < 1.29 is 4.79 Å². The van der Waals surface area contributed by atoms with E-state index in [4.69, 9.17) is 10.3 Å². The van der Waals surface area contributed by atoms with Gasteiger partial charge < -0.3 is 5.32 Å². The highest BCUT2D eigenvalue weighted by Crippen LogP contribution is 2.29. The van der Waals surface area contributed by atoms with Crippen LogP contribution in [0.25, 0.3) is 0 Å². The Morgan fingerprint density at radius 3 is 2.58 bits per heavy atom. The summed E-state index contributed by atoms with van der Waals surface area (Å²) in [5.41, 5.74) is 4.96. The molecule has 0 aromatic heterocycles. The number of rotatable bonds is 10. The lowest BCUT2D eigenvalue weighted by molar-refractivity contribution is -0.121. The van der Waals surface area contributed by atoms with E-state index >= 15 is 0 Å². The SMILES string of the molecule is C=C(C#N)CC(CC1CCCCC1)NC(=O)CC/C(C)=N/c1ccc(C(C)C)cc1C. The smallest absolute Gasteiger partial charge is 0.220 e. The zero-order chi connectivity index (χ0) is 22.8. The Morgan fingerprint density at radius 1 is 1.26 bits per heavy atom. The molecule has 0 heterocycles. The summed E-state index contributed by atoms with van der Waals surface area (Å²) >= 11 is 0. The summed E-state index contributed by atoms with van der Waals surface area (Å²) < 4.78 is 0. The van der Waals surface area contributed by atoms with Crippen LogP contribution in [0, 0.1) is 24.2 Å². The van der Waals surface area contributed by atoms with Gasteiger partial charge in [0.25, 0.3) is 0 Å². The lowest BCUT2D eigenvalue weighted by atomic mass is 9.83. The summed E-state index contributed by atoms with van der Waals surface area (Å²) in [6.07, 6.45) is 8.86. The number of hydrogen-bond donors (Lipinski definition) is 1. The Kier molecular flexibility index (Phi) is 9.98. The molecule has 31 heavy (non-hydrogen) atoms. The van der Waals surface area contributed by atoms with Gasteiger partial charge in [-0.25, -0.2) is 0 Å². The van der Waals surface area contributed by atoms with Crippen LogP contribution in [0.1, 0.15) is 95.6 Å². The maximum absolute atomic E-state index is 12.6. The topological polar surface area (TPSA) is 65.2 Å². The average Bonchev–Trinajstić information content (AvgIpc) is 2.74. The van der Waals surface area contributed by atoms with Gasteiger partial charge in [-0.1, -0.05) is 64.7 Å². The third kappa shape index (κ3) is 8.69. The number of aryl methyl sites for hydroxylation is 1. The summed E-state index contributed by atoms with van der Waals surface area (Å²) in [6, 6.07) is 8.54. The van der Waals surface area contributed by atoms with Crippen LogP contribution < -0.4 is 5.32 Å². The number of nitrogens with one attached hydrogen (secondary N) is 1. The largest absolute Gasteiger partial charge is 0.353 e. The fraction of sp³-hybridized carbons (Fsp3) is 0.593. The van der Waals surface area contributed by atoms with Gasteiger partial charge in [-0.15, -0.1) is 0 Å². The first kappa shape index (κ1) is 24.9. The van der Waals surface area contributed by atoms with E-state index < -0.39 is 0 Å². The molecule has 0 aliphatic heterocycles. The van der Waals surface area contributed by atoms with Gasteiger partial charge in [-0.3, -0.25) is 9.79 Å². The molecule has 1 fully saturated rings. The average molecular weight is 422 g/mol. The van der Waals surface area contributed by atoms with E-state index in [0.29, 0.717) is 36.7 Å². The summed E-state index contributed by atoms with van der Waals surface area (Å²) in [5, 5.41) is 12.3. The molecule has 1 N–H and O–H groups in total. The Labute approximate surface area is 188 Å². The molecule has 1 aromatic carbocycles. The fourth-order valence-corrected chi connectivity index (χ4v) is 4.38. The molecule has 1 saturated carbocycles. The van der Waals surface area contributed by atoms with Crippen molar-refractivity contribution in [3.63, 3.8) is 0 Å². The van der Waals surface area contributed by atoms with Gasteiger partial charge >= 0.3 is 0 Å². The normalized spacial score (nSPS) is 16.1. The van der Waals surface area contributed by atoms with Gasteiger partial charge in [0, 0.05) is 30.2 Å². The first-order valence-corrected chi connectivity index (χ1v) is 11.8. The molecule has 4 nitrogen and oxygen atoms in total. The first-order chi connectivity index (χ1) is 14.8. The molecule has 1 aromatic rings. The zero-order valence-corrected chi connectivity index (χ0v) is 19.8. The van der Waals surface area contributed by atoms with Crippen molar-refractivity contribution in [2.75, 3.05) is 0 Å². The van der Waals surface area contributed by atoms with Gasteiger partial charge in [0.1, 0.15) is 0 Å². The van der Waals surface area contributed by atoms with Crippen LogP contribution in [-0.4, -0.2) is 17.7 Å². The molecule has 1 aliphatic rings. The highest BCUT2D eigenvalue weighted by atomic mass is 16.1. The number of carbonyl (C=O) groups excluding carboxylic acids is 1. The van der Waals surface area contributed by atoms with E-state index in [2.05, 4.69) is 56.9 Å². The number of benzene rings is 1. The Bertz CT molecular complexity index is 825. The highest BCUT2D eigenvalue weighted by Gasteiger charge is 2.21. The minimum absolute atomic E-state index is 0.00539. The van der Waals surface area contributed by atoms with Gasteiger partial charge in [-0.2, -0.15) is 5.26 Å². The molecule has 1 atom stereocenters. The molecular formula is C27H39N3O. The van der Waals surface area contributed by atoms with Crippen molar-refractivity contribution in [1.29, 1.82) is 5.26 Å². The Morgan fingerprint density at radius 2 is 1.97 bits per heavy atom. The molecule has 4 heteroatoms. The number of nitrogens with zero attached hydrogens (tertiary/aromatic N) is 2. The van der Waals surface area contributed by atoms with E-state index in [1.165, 1.54) is 37.7 Å². The van der Waals surface area contributed by atoms with Gasteiger partial charge in [0.05, 0.1) is 11.8 Å². The summed E-state index contributed by atoms with van der Waals surface area (Å²) in [4.78, 5) is 17.4. The van der Waals surface area contributed by atoms with Crippen molar-refractivity contribution >= 4 is 17.3 Å². The van der Waals surface area contributed by atoms with Crippen LogP contribution in [0.2, 0.25) is 0 Å². The van der Waals surface area contributed by atoms with E-state index in [0.717, 1.165) is 23.4 Å². The lowest BCUT2D eigenvalue weighted by Crippen LogP contribution is -2.37. The van der Waals surface area contributed by atoms with Crippen molar-refractivity contribution in [2.45, 2.75) is 97.4 Å².